The van der Waals surface area contributed by atoms with Crippen molar-refractivity contribution in [3.8, 4) is 0 Å². The second-order valence-corrected chi connectivity index (χ2v) is 18.4. The third-order valence-corrected chi connectivity index (χ3v) is 13.4. The van der Waals surface area contributed by atoms with Crippen molar-refractivity contribution in [2.45, 2.75) is 110 Å². The van der Waals surface area contributed by atoms with Crippen LogP contribution < -0.4 is 4.57 Å². The Morgan fingerprint density at radius 1 is 0.796 bits per heavy atom. The van der Waals surface area contributed by atoms with E-state index in [0.29, 0.717) is 19.4 Å². The number of fused-ring (bicyclic) bond motifs is 6. The molecule has 0 saturated carbocycles. The van der Waals surface area contributed by atoms with E-state index < -0.39 is 10.1 Å². The maximum Gasteiger partial charge on any atom is 0.210 e. The fraction of sp³-hybridized carbons (Fsp3) is 0.404. The number of unbranched alkanes of at least 4 members (excludes halogenated alkanes) is 3. The van der Waals surface area contributed by atoms with E-state index in [9.17, 15) is 13.0 Å². The number of halogens is 1. The predicted molar refractivity (Wildman–Crippen MR) is 223 cm³/mol. The van der Waals surface area contributed by atoms with E-state index in [2.05, 4.69) is 135 Å². The number of allylic oxidation sites excluding steroid dienone is 8. The number of hydrogen-bond donors (Lipinski definition) is 0. The lowest BCUT2D eigenvalue weighted by Crippen LogP contribution is -2.39. The molecule has 0 unspecified atom stereocenters. The van der Waals surface area contributed by atoms with Crippen molar-refractivity contribution in [2.75, 3.05) is 12.3 Å². The van der Waals surface area contributed by atoms with Gasteiger partial charge in [0.2, 0.25) is 5.69 Å². The molecule has 7 heteroatoms. The summed E-state index contributed by atoms with van der Waals surface area (Å²) in [4.78, 5) is 0. The van der Waals surface area contributed by atoms with E-state index in [0.717, 1.165) is 43.7 Å². The van der Waals surface area contributed by atoms with Crippen molar-refractivity contribution in [1.82, 2.24) is 0 Å². The van der Waals surface area contributed by atoms with Gasteiger partial charge in [-0.3, -0.25) is 0 Å². The molecule has 0 bridgehead atoms. The first-order chi connectivity index (χ1) is 25.8. The third-order valence-electron chi connectivity index (χ3n) is 12.1. The van der Waals surface area contributed by atoms with Crippen molar-refractivity contribution >= 4 is 54.7 Å². The molecule has 0 amide bonds. The minimum Gasteiger partial charge on any atom is -0.748 e. The van der Waals surface area contributed by atoms with Crippen LogP contribution in [0.3, 0.4) is 0 Å². The summed E-state index contributed by atoms with van der Waals surface area (Å²) >= 11 is 7.30. The molecule has 1 aliphatic heterocycles. The van der Waals surface area contributed by atoms with Crippen molar-refractivity contribution < 1.29 is 22.1 Å². The molecular weight excluding hydrogens is 708 g/mol. The van der Waals surface area contributed by atoms with Gasteiger partial charge in [-0.2, -0.15) is 4.58 Å². The van der Waals surface area contributed by atoms with Crippen LogP contribution >= 0.6 is 11.6 Å². The van der Waals surface area contributed by atoms with Gasteiger partial charge in [0.15, 0.2) is 17.6 Å². The highest BCUT2D eigenvalue weighted by atomic mass is 35.5. The van der Waals surface area contributed by atoms with Crippen LogP contribution in [0.1, 0.15) is 103 Å². The zero-order valence-corrected chi connectivity index (χ0v) is 34.1. The maximum atomic E-state index is 11.2. The van der Waals surface area contributed by atoms with Crippen LogP contribution in [0.15, 0.2) is 113 Å². The Hall–Kier alpha value is -3.84. The van der Waals surface area contributed by atoms with Crippen molar-refractivity contribution in [2.24, 2.45) is 0 Å². The molecule has 4 aromatic rings. The summed E-state index contributed by atoms with van der Waals surface area (Å²) in [6.45, 7) is 13.3. The van der Waals surface area contributed by atoms with E-state index in [1.807, 2.05) is 0 Å². The van der Waals surface area contributed by atoms with Crippen molar-refractivity contribution in [3.63, 3.8) is 0 Å². The molecule has 0 fully saturated rings. The molecule has 3 aliphatic rings. The smallest absolute Gasteiger partial charge is 0.210 e. The lowest BCUT2D eigenvalue weighted by atomic mass is 9.78. The largest absolute Gasteiger partial charge is 0.748 e. The average Bonchev–Trinajstić information content (AvgIpc) is 3.53. The van der Waals surface area contributed by atoms with E-state index in [1.54, 1.807) is 0 Å². The van der Waals surface area contributed by atoms with Gasteiger partial charge in [-0.25, -0.2) is 13.0 Å². The first kappa shape index (κ1) is 38.4. The minimum absolute atomic E-state index is 0.151. The normalized spacial score (nSPS) is 19.6. The van der Waals surface area contributed by atoms with Crippen LogP contribution in [0.5, 0.6) is 0 Å². The average molecular weight is 762 g/mol. The van der Waals surface area contributed by atoms with Crippen molar-refractivity contribution in [1.29, 1.82) is 0 Å². The molecule has 0 atom stereocenters. The van der Waals surface area contributed by atoms with E-state index in [1.165, 1.54) is 79.3 Å². The highest BCUT2D eigenvalue weighted by molar-refractivity contribution is 7.85. The third kappa shape index (κ3) is 7.42. The Balaban J connectivity index is 1.20. The molecule has 1 aromatic heterocycles. The Morgan fingerprint density at radius 3 is 2.24 bits per heavy atom. The molecule has 54 heavy (non-hydrogen) atoms. The van der Waals surface area contributed by atoms with Crippen LogP contribution in [0.2, 0.25) is 0 Å². The highest BCUT2D eigenvalue weighted by Gasteiger charge is 2.45. The number of benzene rings is 3. The monoisotopic (exact) mass is 761 g/mol. The highest BCUT2D eigenvalue weighted by Crippen LogP contribution is 2.46. The predicted octanol–water partition coefficient (Wildman–Crippen LogP) is 10.8. The molecule has 0 radical (unpaired) electrons. The lowest BCUT2D eigenvalue weighted by Gasteiger charge is -2.22. The van der Waals surface area contributed by atoms with Gasteiger partial charge < -0.3 is 4.55 Å². The van der Waals surface area contributed by atoms with E-state index >= 15 is 0 Å². The van der Waals surface area contributed by atoms with Crippen LogP contribution in [0, 0.1) is 0 Å². The summed E-state index contributed by atoms with van der Waals surface area (Å²) in [7, 11) is -4.21. The summed E-state index contributed by atoms with van der Waals surface area (Å²) in [6.07, 6.45) is 19.7. The summed E-state index contributed by atoms with van der Waals surface area (Å²) in [5.74, 6) is -0.321. The van der Waals surface area contributed by atoms with Gasteiger partial charge in [-0.15, -0.1) is 0 Å². The van der Waals surface area contributed by atoms with Crippen molar-refractivity contribution in [3.05, 3.63) is 130 Å². The van der Waals surface area contributed by atoms with Gasteiger partial charge in [-0.1, -0.05) is 99.5 Å². The number of hydrogen-bond acceptors (Lipinski definition) is 3. The summed E-state index contributed by atoms with van der Waals surface area (Å²) in [5, 5.41) is 5.91. The second kappa shape index (κ2) is 15.4. The van der Waals surface area contributed by atoms with Crippen LogP contribution in [-0.2, 0) is 33.9 Å². The Labute approximate surface area is 327 Å². The summed E-state index contributed by atoms with van der Waals surface area (Å²) in [5.41, 5.74) is 10.0. The zero-order valence-electron chi connectivity index (χ0n) is 32.6. The van der Waals surface area contributed by atoms with E-state index in [-0.39, 0.29) is 16.6 Å². The molecule has 7 rings (SSSR count). The molecule has 5 nitrogen and oxygen atoms in total. The number of pyridine rings is 1. The van der Waals surface area contributed by atoms with Crippen LogP contribution in [0.4, 0.5) is 5.69 Å². The topological polar surface area (TPSA) is 64.1 Å². The molecule has 3 aromatic carbocycles. The number of rotatable bonds is 12. The Morgan fingerprint density at radius 2 is 1.50 bits per heavy atom. The first-order valence-electron chi connectivity index (χ1n) is 19.8. The quantitative estimate of drug-likeness (QED) is 0.0820. The van der Waals surface area contributed by atoms with Gasteiger partial charge in [0.05, 0.1) is 22.0 Å². The molecule has 0 N–H and O–H groups in total. The Kier molecular flexibility index (Phi) is 10.9. The number of nitrogens with zero attached hydrogens (tertiary/aromatic N) is 2. The molecule has 2 heterocycles. The van der Waals surface area contributed by atoms with Gasteiger partial charge in [-0.05, 0) is 91.0 Å². The molecule has 0 saturated heterocycles. The maximum absolute atomic E-state index is 11.2. The summed E-state index contributed by atoms with van der Waals surface area (Å²) < 4.78 is 38.6. The van der Waals surface area contributed by atoms with Crippen LogP contribution in [0.25, 0.3) is 21.5 Å². The van der Waals surface area contributed by atoms with Gasteiger partial charge in [0.1, 0.15) is 13.1 Å². The molecule has 2 aliphatic carbocycles. The number of aromatic nitrogens is 1. The summed E-state index contributed by atoms with van der Waals surface area (Å²) in [6, 6.07) is 21.9. The standard InChI is InChI=1S/C47H54ClN2O3S/c1-6-7-12-29-50-40-26-23-33-16-8-10-20-38(33)43(40)47(4,5)42(50)27-24-35-19-15-18-34(45(35)48)22-25-37-31-41-44(46(37,2)3)39-21-11-9-17-36(39)32-49(41)28-13-14-30-54(51,52)53/h8-11,16-17,20-27,32H,6-7,12-15,18-19,28-31H2,1-5H3/q+1/b27-24+,34-22+,37-25-. The van der Waals surface area contributed by atoms with E-state index in [4.69, 9.17) is 11.6 Å². The lowest BCUT2D eigenvalue weighted by molar-refractivity contribution is -0.702. The SMILES string of the molecule is CCCCC[N+]1=C(/C=C/C2=C(Cl)C(=C/C=C3/Cc4c(c5ccccc5c[n+]4CCCCS(=O)(=O)[O-])C3(C)C)/CCC2)C(C)(C)c2c1ccc1ccccc21. The molecule has 0 spiro atoms. The fourth-order valence-electron chi connectivity index (χ4n) is 9.24. The second-order valence-electron chi connectivity index (χ2n) is 16.5. The number of aryl methyl sites for hydroxylation is 1. The van der Waals surface area contributed by atoms with Crippen LogP contribution in [-0.4, -0.2) is 35.6 Å². The molecular formula is C47H54ClN2O3S+. The Bertz CT molecular complexity index is 2390. The molecule has 282 valence electrons. The zero-order chi connectivity index (χ0) is 38.3. The first-order valence-corrected chi connectivity index (χ1v) is 21.8. The van der Waals surface area contributed by atoms with Gasteiger partial charge in [0.25, 0.3) is 0 Å². The fourth-order valence-corrected chi connectivity index (χ4v) is 10.1. The minimum atomic E-state index is -4.21. The van der Waals surface area contributed by atoms with Gasteiger partial charge >= 0.3 is 0 Å². The van der Waals surface area contributed by atoms with Gasteiger partial charge in [0, 0.05) is 57.7 Å².